The number of carbonyl (C=O) groups excluding carboxylic acids is 1. The molecular weight excluding hydrogens is 440 g/mol. The van der Waals surface area contributed by atoms with E-state index in [1.54, 1.807) is 35.4 Å². The summed E-state index contributed by atoms with van der Waals surface area (Å²) in [6.07, 6.45) is 6.96. The normalized spacial score (nSPS) is 11.1. The molecule has 2 heterocycles. The molecule has 0 aliphatic carbocycles. The summed E-state index contributed by atoms with van der Waals surface area (Å²) in [5.41, 5.74) is 2.53. The lowest BCUT2D eigenvalue weighted by Crippen LogP contribution is -2.07. The summed E-state index contributed by atoms with van der Waals surface area (Å²) in [4.78, 5) is 22.1. The SMILES string of the molecule is Cc1nc(COc2cccc(/C=C/C(=O)Nc3ccc(Sc4nccn4C)cc3)c2)cs1. The van der Waals surface area contributed by atoms with Crippen molar-refractivity contribution in [3.05, 3.63) is 88.6 Å². The number of thiazole rings is 1. The van der Waals surface area contributed by atoms with Crippen molar-refractivity contribution in [1.82, 2.24) is 14.5 Å². The zero-order valence-electron chi connectivity index (χ0n) is 17.7. The number of amides is 1. The largest absolute Gasteiger partial charge is 0.487 e. The smallest absolute Gasteiger partial charge is 0.248 e. The van der Waals surface area contributed by atoms with E-state index in [4.69, 9.17) is 4.74 Å². The number of aryl methyl sites for hydroxylation is 2. The Morgan fingerprint density at radius 2 is 2.09 bits per heavy atom. The number of hydrogen-bond donors (Lipinski definition) is 1. The van der Waals surface area contributed by atoms with Gasteiger partial charge in [0.15, 0.2) is 5.16 Å². The second-order valence-corrected chi connectivity index (χ2v) is 9.09. The predicted molar refractivity (Wildman–Crippen MR) is 129 cm³/mol. The fraction of sp³-hybridized carbons (Fsp3) is 0.125. The van der Waals surface area contributed by atoms with E-state index in [1.165, 1.54) is 6.08 Å². The van der Waals surface area contributed by atoms with Crippen LogP contribution >= 0.6 is 23.1 Å². The van der Waals surface area contributed by atoms with Crippen LogP contribution in [0.5, 0.6) is 5.75 Å². The summed E-state index contributed by atoms with van der Waals surface area (Å²) in [7, 11) is 1.96. The topological polar surface area (TPSA) is 69.0 Å². The van der Waals surface area contributed by atoms with Gasteiger partial charge in [-0.1, -0.05) is 23.9 Å². The van der Waals surface area contributed by atoms with Crippen molar-refractivity contribution >= 4 is 40.8 Å². The van der Waals surface area contributed by atoms with Crippen LogP contribution in [0.4, 0.5) is 5.69 Å². The van der Waals surface area contributed by atoms with Crippen LogP contribution in [0.3, 0.4) is 0 Å². The van der Waals surface area contributed by atoms with E-state index in [-0.39, 0.29) is 5.91 Å². The highest BCUT2D eigenvalue weighted by Gasteiger charge is 2.04. The molecule has 0 aliphatic rings. The predicted octanol–water partition coefficient (Wildman–Crippen LogP) is 5.57. The van der Waals surface area contributed by atoms with E-state index in [1.807, 2.05) is 78.6 Å². The van der Waals surface area contributed by atoms with Gasteiger partial charge in [-0.05, 0) is 55.0 Å². The average Bonchev–Trinajstić information content (AvgIpc) is 3.40. The molecule has 0 fully saturated rings. The third-order valence-corrected chi connectivity index (χ3v) is 6.35. The van der Waals surface area contributed by atoms with Crippen molar-refractivity contribution in [2.45, 2.75) is 23.6 Å². The Labute approximate surface area is 195 Å². The second-order valence-electron chi connectivity index (χ2n) is 6.99. The molecule has 4 rings (SSSR count). The Balaban J connectivity index is 1.30. The molecule has 0 saturated heterocycles. The Hall–Kier alpha value is -3.36. The van der Waals surface area contributed by atoms with Crippen molar-refractivity contribution in [2.24, 2.45) is 7.05 Å². The van der Waals surface area contributed by atoms with Crippen molar-refractivity contribution < 1.29 is 9.53 Å². The Kier molecular flexibility index (Phi) is 7.03. The Morgan fingerprint density at radius 3 is 2.81 bits per heavy atom. The molecule has 1 N–H and O–H groups in total. The Morgan fingerprint density at radius 1 is 1.25 bits per heavy atom. The maximum atomic E-state index is 12.3. The van der Waals surface area contributed by atoms with E-state index >= 15 is 0 Å². The summed E-state index contributed by atoms with van der Waals surface area (Å²) in [6.45, 7) is 2.40. The number of rotatable bonds is 8. The van der Waals surface area contributed by atoms with E-state index in [2.05, 4.69) is 15.3 Å². The Bertz CT molecular complexity index is 1230. The first-order chi connectivity index (χ1) is 15.5. The van der Waals surface area contributed by atoms with E-state index in [0.717, 1.165) is 37.8 Å². The molecule has 0 spiro atoms. The lowest BCUT2D eigenvalue weighted by molar-refractivity contribution is -0.111. The molecule has 0 atom stereocenters. The van der Waals surface area contributed by atoms with Gasteiger partial charge in [-0.25, -0.2) is 9.97 Å². The van der Waals surface area contributed by atoms with Gasteiger partial charge < -0.3 is 14.6 Å². The van der Waals surface area contributed by atoms with Crippen LogP contribution in [0.25, 0.3) is 6.08 Å². The maximum absolute atomic E-state index is 12.3. The first kappa shape index (κ1) is 21.9. The van der Waals surface area contributed by atoms with Crippen LogP contribution in [-0.4, -0.2) is 20.4 Å². The molecular formula is C24H22N4O2S2. The van der Waals surface area contributed by atoms with Gasteiger partial charge in [-0.2, -0.15) is 0 Å². The lowest BCUT2D eigenvalue weighted by Gasteiger charge is -2.06. The monoisotopic (exact) mass is 462 g/mol. The number of benzene rings is 2. The summed E-state index contributed by atoms with van der Waals surface area (Å²) in [5.74, 6) is 0.540. The lowest BCUT2D eigenvalue weighted by atomic mass is 10.2. The van der Waals surface area contributed by atoms with Crippen LogP contribution in [0, 0.1) is 6.92 Å². The molecule has 162 valence electrons. The highest BCUT2D eigenvalue weighted by Crippen LogP contribution is 2.26. The second kappa shape index (κ2) is 10.3. The van der Waals surface area contributed by atoms with E-state index in [0.29, 0.717) is 6.61 Å². The van der Waals surface area contributed by atoms with Crippen molar-refractivity contribution in [3.63, 3.8) is 0 Å². The van der Waals surface area contributed by atoms with Gasteiger partial charge >= 0.3 is 0 Å². The molecule has 0 saturated carbocycles. The first-order valence-electron chi connectivity index (χ1n) is 9.93. The van der Waals surface area contributed by atoms with Crippen molar-refractivity contribution in [1.29, 1.82) is 0 Å². The third kappa shape index (κ3) is 6.09. The zero-order chi connectivity index (χ0) is 22.3. The summed E-state index contributed by atoms with van der Waals surface area (Å²) in [6, 6.07) is 15.3. The van der Waals surface area contributed by atoms with Crippen molar-refractivity contribution in [2.75, 3.05) is 5.32 Å². The quantitative estimate of drug-likeness (QED) is 0.347. The van der Waals surface area contributed by atoms with Crippen LogP contribution in [-0.2, 0) is 18.4 Å². The van der Waals surface area contributed by atoms with Gasteiger partial charge in [-0.15, -0.1) is 11.3 Å². The minimum Gasteiger partial charge on any atom is -0.487 e. The average molecular weight is 463 g/mol. The molecule has 0 unspecified atom stereocenters. The fourth-order valence-corrected chi connectivity index (χ4v) is 4.26. The molecule has 32 heavy (non-hydrogen) atoms. The number of imidazole rings is 1. The van der Waals surface area contributed by atoms with Gasteiger partial charge in [0.05, 0.1) is 10.7 Å². The third-order valence-electron chi connectivity index (χ3n) is 4.45. The number of carbonyl (C=O) groups is 1. The molecule has 4 aromatic rings. The molecule has 0 bridgehead atoms. The molecule has 0 aliphatic heterocycles. The minimum absolute atomic E-state index is 0.196. The standard InChI is InChI=1S/C24H22N4O2S2/c1-17-26-20(16-31-17)15-30-21-5-3-4-18(14-21)6-11-23(29)27-19-7-9-22(10-8-19)32-24-25-12-13-28(24)2/h3-14,16H,15H2,1-2H3,(H,27,29)/b11-6+. The highest BCUT2D eigenvalue weighted by atomic mass is 32.2. The van der Waals surface area contributed by atoms with Gasteiger partial charge in [0.25, 0.3) is 0 Å². The fourth-order valence-electron chi connectivity index (χ4n) is 2.86. The zero-order valence-corrected chi connectivity index (χ0v) is 19.3. The van der Waals surface area contributed by atoms with Crippen molar-refractivity contribution in [3.8, 4) is 5.75 Å². The van der Waals surface area contributed by atoms with E-state index in [9.17, 15) is 4.79 Å². The number of hydrogen-bond acceptors (Lipinski definition) is 6. The molecule has 0 radical (unpaired) electrons. The number of aromatic nitrogens is 3. The summed E-state index contributed by atoms with van der Waals surface area (Å²) >= 11 is 3.18. The van der Waals surface area contributed by atoms with Gasteiger partial charge in [-0.3, -0.25) is 4.79 Å². The number of anilines is 1. The highest BCUT2D eigenvalue weighted by molar-refractivity contribution is 7.99. The summed E-state index contributed by atoms with van der Waals surface area (Å²) < 4.78 is 7.77. The number of nitrogens with zero attached hydrogens (tertiary/aromatic N) is 3. The molecule has 1 amide bonds. The summed E-state index contributed by atoms with van der Waals surface area (Å²) in [5, 5.41) is 6.81. The molecule has 2 aromatic carbocycles. The first-order valence-corrected chi connectivity index (χ1v) is 11.6. The van der Waals surface area contributed by atoms with Gasteiger partial charge in [0, 0.05) is 41.5 Å². The van der Waals surface area contributed by atoms with E-state index < -0.39 is 0 Å². The minimum atomic E-state index is -0.196. The molecule has 6 nitrogen and oxygen atoms in total. The van der Waals surface area contributed by atoms with Crippen LogP contribution in [0.2, 0.25) is 0 Å². The maximum Gasteiger partial charge on any atom is 0.248 e. The van der Waals surface area contributed by atoms with Gasteiger partial charge in [0.2, 0.25) is 5.91 Å². The van der Waals surface area contributed by atoms with Crippen LogP contribution in [0.15, 0.2) is 82.4 Å². The van der Waals surface area contributed by atoms with Crippen LogP contribution in [0.1, 0.15) is 16.3 Å². The number of nitrogens with one attached hydrogen (secondary N) is 1. The van der Waals surface area contributed by atoms with Gasteiger partial charge in [0.1, 0.15) is 12.4 Å². The number of ether oxygens (including phenoxy) is 1. The van der Waals surface area contributed by atoms with Crippen LogP contribution < -0.4 is 10.1 Å². The molecule has 8 heteroatoms. The molecule has 2 aromatic heterocycles.